The highest BCUT2D eigenvalue weighted by Gasteiger charge is 2.33. The van der Waals surface area contributed by atoms with E-state index in [-0.39, 0.29) is 17.9 Å². The maximum atomic E-state index is 12.7. The first-order chi connectivity index (χ1) is 11.3. The molecule has 2 aromatic heterocycles. The second-order valence-corrected chi connectivity index (χ2v) is 6.41. The van der Waals surface area contributed by atoms with Gasteiger partial charge >= 0.3 is 0 Å². The number of carbonyl (C=O) groups excluding carboxylic acids is 1. The number of hydrogen-bond acceptors (Lipinski definition) is 3. The Morgan fingerprint density at radius 1 is 1.17 bits per heavy atom. The van der Waals surface area contributed by atoms with Gasteiger partial charge in [0.15, 0.2) is 0 Å². The number of aromatic nitrogens is 2. The van der Waals surface area contributed by atoms with Crippen molar-refractivity contribution in [3.05, 3.63) is 48.4 Å². The van der Waals surface area contributed by atoms with Gasteiger partial charge in [-0.25, -0.2) is 4.98 Å². The first kappa shape index (κ1) is 14.3. The van der Waals surface area contributed by atoms with Crippen molar-refractivity contribution in [1.82, 2.24) is 14.5 Å². The van der Waals surface area contributed by atoms with Gasteiger partial charge in [0.25, 0.3) is 0 Å². The van der Waals surface area contributed by atoms with Crippen LogP contribution in [0.2, 0.25) is 0 Å². The molecule has 1 fully saturated rings. The predicted molar refractivity (Wildman–Crippen MR) is 85.8 cm³/mol. The number of fused-ring (bicyclic) bond motifs is 1. The third-order valence-electron chi connectivity index (χ3n) is 4.79. The van der Waals surface area contributed by atoms with Crippen LogP contribution in [0.25, 0.3) is 0 Å². The van der Waals surface area contributed by atoms with E-state index in [1.165, 1.54) is 12.1 Å². The Bertz CT molecular complexity index is 679. The Kier molecular flexibility index (Phi) is 3.77. The van der Waals surface area contributed by atoms with Gasteiger partial charge in [-0.05, 0) is 31.0 Å². The second-order valence-electron chi connectivity index (χ2n) is 6.41. The summed E-state index contributed by atoms with van der Waals surface area (Å²) in [4.78, 5) is 18.9. The maximum absolute atomic E-state index is 12.7. The summed E-state index contributed by atoms with van der Waals surface area (Å²) in [7, 11) is 0. The first-order valence-electron chi connectivity index (χ1n) is 8.30. The minimum absolute atomic E-state index is 0.0809. The van der Waals surface area contributed by atoms with Crippen LogP contribution in [-0.2, 0) is 17.9 Å². The van der Waals surface area contributed by atoms with Gasteiger partial charge in [-0.2, -0.15) is 0 Å². The Morgan fingerprint density at radius 2 is 2.09 bits per heavy atom. The van der Waals surface area contributed by atoms with Gasteiger partial charge in [0.2, 0.25) is 11.8 Å². The van der Waals surface area contributed by atoms with Crippen LogP contribution in [0, 0.1) is 5.92 Å². The van der Waals surface area contributed by atoms with Crippen LogP contribution in [0.4, 0.5) is 0 Å². The number of carbonyl (C=O) groups is 1. The number of rotatable bonds is 3. The van der Waals surface area contributed by atoms with E-state index in [2.05, 4.69) is 21.8 Å². The molecule has 0 bridgehead atoms. The zero-order valence-corrected chi connectivity index (χ0v) is 13.1. The molecule has 0 spiro atoms. The van der Waals surface area contributed by atoms with Gasteiger partial charge in [0, 0.05) is 30.1 Å². The van der Waals surface area contributed by atoms with Crippen molar-refractivity contribution >= 4 is 5.91 Å². The molecule has 5 nitrogen and oxygen atoms in total. The highest BCUT2D eigenvalue weighted by Crippen LogP contribution is 2.29. The van der Waals surface area contributed by atoms with Gasteiger partial charge < -0.3 is 14.2 Å². The Labute approximate surface area is 135 Å². The van der Waals surface area contributed by atoms with Gasteiger partial charge in [0.05, 0.1) is 19.6 Å². The largest absolute Gasteiger partial charge is 0.471 e. The molecule has 4 rings (SSSR count). The van der Waals surface area contributed by atoms with E-state index in [0.29, 0.717) is 19.0 Å². The molecule has 5 heteroatoms. The standard InChI is InChI=1S/C18H21N3O2/c22-18(14-5-3-6-14)21-11-15-7-4-10-20(15)12-16(13-21)23-17-8-1-2-9-19-17/h1-2,4,7-10,14,16H,3,5-6,11-13H2/t16-/m1/s1. The van der Waals surface area contributed by atoms with E-state index in [1.807, 2.05) is 29.2 Å². The summed E-state index contributed by atoms with van der Waals surface area (Å²) in [6, 6.07) is 9.77. The highest BCUT2D eigenvalue weighted by atomic mass is 16.5. The average Bonchev–Trinajstić information content (AvgIpc) is 2.85. The van der Waals surface area contributed by atoms with E-state index in [4.69, 9.17) is 4.74 Å². The van der Waals surface area contributed by atoms with Crippen molar-refractivity contribution in [2.24, 2.45) is 5.92 Å². The summed E-state index contributed by atoms with van der Waals surface area (Å²) in [5.74, 6) is 1.11. The molecule has 2 aliphatic rings. The molecule has 0 aromatic carbocycles. The molecule has 1 atom stereocenters. The lowest BCUT2D eigenvalue weighted by molar-refractivity contribution is -0.139. The fourth-order valence-corrected chi connectivity index (χ4v) is 3.30. The fourth-order valence-electron chi connectivity index (χ4n) is 3.30. The van der Waals surface area contributed by atoms with Crippen LogP contribution in [0.3, 0.4) is 0 Å². The molecular formula is C18H21N3O2. The summed E-state index contributed by atoms with van der Waals surface area (Å²) in [6.07, 6.45) is 6.94. The minimum Gasteiger partial charge on any atom is -0.471 e. The summed E-state index contributed by atoms with van der Waals surface area (Å²) >= 11 is 0. The maximum Gasteiger partial charge on any atom is 0.226 e. The van der Waals surface area contributed by atoms with Gasteiger partial charge in [0.1, 0.15) is 6.10 Å². The molecule has 1 aliphatic heterocycles. The number of ether oxygens (including phenoxy) is 1. The Hall–Kier alpha value is -2.30. The summed E-state index contributed by atoms with van der Waals surface area (Å²) < 4.78 is 8.23. The number of amides is 1. The highest BCUT2D eigenvalue weighted by molar-refractivity contribution is 5.79. The smallest absolute Gasteiger partial charge is 0.226 e. The summed E-state index contributed by atoms with van der Waals surface area (Å²) in [5.41, 5.74) is 1.17. The third-order valence-corrected chi connectivity index (χ3v) is 4.79. The molecule has 1 saturated carbocycles. The number of nitrogens with zero attached hydrogens (tertiary/aromatic N) is 3. The zero-order chi connectivity index (χ0) is 15.6. The second kappa shape index (κ2) is 6.07. The Balaban J connectivity index is 1.55. The molecule has 0 saturated heterocycles. The Morgan fingerprint density at radius 3 is 2.83 bits per heavy atom. The number of pyridine rings is 1. The molecular weight excluding hydrogens is 290 g/mol. The van der Waals surface area contributed by atoms with Crippen molar-refractivity contribution in [2.45, 2.75) is 38.5 Å². The van der Waals surface area contributed by atoms with Gasteiger partial charge in [-0.1, -0.05) is 12.5 Å². The molecule has 1 amide bonds. The molecule has 2 aromatic rings. The van der Waals surface area contributed by atoms with Crippen LogP contribution in [-0.4, -0.2) is 33.0 Å². The van der Waals surface area contributed by atoms with E-state index in [1.54, 1.807) is 6.20 Å². The molecule has 0 radical (unpaired) electrons. The first-order valence-corrected chi connectivity index (χ1v) is 8.30. The molecule has 120 valence electrons. The van der Waals surface area contributed by atoms with Crippen molar-refractivity contribution in [3.8, 4) is 5.88 Å². The fraction of sp³-hybridized carbons (Fsp3) is 0.444. The summed E-state index contributed by atoms with van der Waals surface area (Å²) in [5, 5.41) is 0. The normalized spacial score (nSPS) is 21.2. The lowest BCUT2D eigenvalue weighted by Crippen LogP contribution is -2.43. The molecule has 1 aliphatic carbocycles. The quantitative estimate of drug-likeness (QED) is 0.875. The van der Waals surface area contributed by atoms with E-state index >= 15 is 0 Å². The lowest BCUT2D eigenvalue weighted by atomic mass is 9.84. The average molecular weight is 311 g/mol. The molecule has 23 heavy (non-hydrogen) atoms. The van der Waals surface area contributed by atoms with Crippen molar-refractivity contribution < 1.29 is 9.53 Å². The number of hydrogen-bond donors (Lipinski definition) is 0. The molecule has 0 unspecified atom stereocenters. The minimum atomic E-state index is -0.0809. The van der Waals surface area contributed by atoms with Gasteiger partial charge in [-0.15, -0.1) is 0 Å². The van der Waals surface area contributed by atoms with Crippen molar-refractivity contribution in [3.63, 3.8) is 0 Å². The van der Waals surface area contributed by atoms with E-state index < -0.39 is 0 Å². The van der Waals surface area contributed by atoms with E-state index in [9.17, 15) is 4.79 Å². The summed E-state index contributed by atoms with van der Waals surface area (Å²) in [6.45, 7) is 2.03. The van der Waals surface area contributed by atoms with Crippen LogP contribution in [0.1, 0.15) is 25.0 Å². The van der Waals surface area contributed by atoms with Crippen LogP contribution >= 0.6 is 0 Å². The topological polar surface area (TPSA) is 47.4 Å². The van der Waals surface area contributed by atoms with Gasteiger partial charge in [-0.3, -0.25) is 4.79 Å². The van der Waals surface area contributed by atoms with Crippen molar-refractivity contribution in [2.75, 3.05) is 6.54 Å². The third kappa shape index (κ3) is 2.96. The predicted octanol–water partition coefficient (Wildman–Crippen LogP) is 2.47. The van der Waals surface area contributed by atoms with Crippen LogP contribution in [0.15, 0.2) is 42.7 Å². The lowest BCUT2D eigenvalue weighted by Gasteiger charge is -2.32. The van der Waals surface area contributed by atoms with Crippen LogP contribution < -0.4 is 4.74 Å². The zero-order valence-electron chi connectivity index (χ0n) is 13.1. The molecule has 0 N–H and O–H groups in total. The molecule has 3 heterocycles. The van der Waals surface area contributed by atoms with Crippen LogP contribution in [0.5, 0.6) is 5.88 Å². The van der Waals surface area contributed by atoms with Crippen molar-refractivity contribution in [1.29, 1.82) is 0 Å². The van der Waals surface area contributed by atoms with E-state index in [0.717, 1.165) is 19.4 Å². The monoisotopic (exact) mass is 311 g/mol. The SMILES string of the molecule is O=C(C1CCC1)N1Cc2cccn2C[C@@H](Oc2ccccn2)C1.